The number of para-hydroxylation sites is 1. The van der Waals surface area contributed by atoms with E-state index in [0.717, 1.165) is 5.56 Å². The number of ether oxygens (including phenoxy) is 1. The second kappa shape index (κ2) is 8.17. The summed E-state index contributed by atoms with van der Waals surface area (Å²) in [7, 11) is -3.56. The van der Waals surface area contributed by atoms with Gasteiger partial charge in [0.25, 0.3) is 0 Å². The predicted octanol–water partition coefficient (Wildman–Crippen LogP) is 4.56. The van der Waals surface area contributed by atoms with Gasteiger partial charge in [-0.15, -0.1) is 0 Å². The van der Waals surface area contributed by atoms with Crippen LogP contribution in [-0.4, -0.2) is 15.0 Å². The lowest BCUT2D eigenvalue weighted by atomic mass is 10.0. The minimum absolute atomic E-state index is 0.0895. The molecule has 26 heavy (non-hydrogen) atoms. The molecule has 0 fully saturated rings. The first-order chi connectivity index (χ1) is 12.5. The van der Waals surface area contributed by atoms with Crippen molar-refractivity contribution in [1.82, 2.24) is 4.72 Å². The number of benzene rings is 3. The fourth-order valence-corrected chi connectivity index (χ4v) is 3.66. The maximum atomic E-state index is 12.5. The quantitative estimate of drug-likeness (QED) is 0.666. The van der Waals surface area contributed by atoms with Crippen LogP contribution in [0.1, 0.15) is 18.4 Å². The van der Waals surface area contributed by atoms with E-state index in [9.17, 15) is 8.42 Å². The van der Waals surface area contributed by atoms with Crippen molar-refractivity contribution in [1.29, 1.82) is 0 Å². The van der Waals surface area contributed by atoms with E-state index >= 15 is 0 Å². The monoisotopic (exact) mass is 367 g/mol. The normalized spacial score (nSPS) is 12.5. The van der Waals surface area contributed by atoms with E-state index in [1.165, 1.54) is 0 Å². The van der Waals surface area contributed by atoms with Crippen LogP contribution in [0.3, 0.4) is 0 Å². The van der Waals surface area contributed by atoms with Crippen molar-refractivity contribution >= 4 is 10.0 Å². The molecule has 0 aliphatic carbocycles. The molecule has 0 saturated heterocycles. The highest BCUT2D eigenvalue weighted by molar-refractivity contribution is 7.89. The molecule has 0 aliphatic heterocycles. The lowest BCUT2D eigenvalue weighted by Crippen LogP contribution is -2.27. The number of nitrogens with one attached hydrogen (secondary N) is 1. The van der Waals surface area contributed by atoms with Gasteiger partial charge >= 0.3 is 0 Å². The summed E-state index contributed by atoms with van der Waals surface area (Å²) in [5.41, 5.74) is 1.10. The van der Waals surface area contributed by atoms with Crippen LogP contribution in [-0.2, 0) is 10.0 Å². The minimum atomic E-state index is -3.56. The van der Waals surface area contributed by atoms with E-state index in [1.807, 2.05) is 67.6 Å². The van der Waals surface area contributed by atoms with Crippen LogP contribution in [0.4, 0.5) is 0 Å². The van der Waals surface area contributed by atoms with Crippen molar-refractivity contribution in [3.05, 3.63) is 90.5 Å². The van der Waals surface area contributed by atoms with Gasteiger partial charge in [0.05, 0.1) is 4.90 Å². The SMILES string of the molecule is C[C@H](CNS(=O)(=O)c1ccc(Oc2ccccc2)cc1)c1ccccc1. The average molecular weight is 367 g/mol. The Kier molecular flexibility index (Phi) is 5.71. The predicted molar refractivity (Wildman–Crippen MR) is 103 cm³/mol. The lowest BCUT2D eigenvalue weighted by Gasteiger charge is -2.13. The van der Waals surface area contributed by atoms with Crippen molar-refractivity contribution in [2.45, 2.75) is 17.7 Å². The summed E-state index contributed by atoms with van der Waals surface area (Å²) < 4.78 is 33.3. The maximum Gasteiger partial charge on any atom is 0.240 e. The summed E-state index contributed by atoms with van der Waals surface area (Å²) in [6.45, 7) is 2.34. The zero-order valence-corrected chi connectivity index (χ0v) is 15.3. The molecule has 0 aromatic heterocycles. The van der Waals surface area contributed by atoms with Crippen LogP contribution in [0.25, 0.3) is 0 Å². The highest BCUT2D eigenvalue weighted by Crippen LogP contribution is 2.23. The van der Waals surface area contributed by atoms with E-state index in [-0.39, 0.29) is 10.8 Å². The van der Waals surface area contributed by atoms with Gasteiger partial charge in [-0.3, -0.25) is 0 Å². The summed E-state index contributed by atoms with van der Waals surface area (Å²) in [4.78, 5) is 0.221. The first kappa shape index (κ1) is 18.2. The molecule has 1 atom stereocenters. The Balaban J connectivity index is 1.64. The first-order valence-corrected chi connectivity index (χ1v) is 9.90. The summed E-state index contributed by atoms with van der Waals surface area (Å²) in [5.74, 6) is 1.39. The zero-order valence-electron chi connectivity index (χ0n) is 14.5. The molecule has 3 aromatic carbocycles. The van der Waals surface area contributed by atoms with Gasteiger partial charge in [0.2, 0.25) is 10.0 Å². The number of rotatable bonds is 7. The molecular weight excluding hydrogens is 346 g/mol. The summed E-state index contributed by atoms with van der Waals surface area (Å²) >= 11 is 0. The molecule has 0 saturated carbocycles. The zero-order chi connectivity index (χ0) is 18.4. The van der Waals surface area contributed by atoms with Crippen LogP contribution < -0.4 is 9.46 Å². The van der Waals surface area contributed by atoms with Crippen molar-refractivity contribution in [2.75, 3.05) is 6.54 Å². The molecule has 3 aromatic rings. The second-order valence-corrected chi connectivity index (χ2v) is 7.82. The molecule has 0 bridgehead atoms. The molecule has 0 heterocycles. The highest BCUT2D eigenvalue weighted by Gasteiger charge is 2.16. The van der Waals surface area contributed by atoms with Gasteiger partial charge in [-0.1, -0.05) is 55.5 Å². The largest absolute Gasteiger partial charge is 0.457 e. The highest BCUT2D eigenvalue weighted by atomic mass is 32.2. The van der Waals surface area contributed by atoms with Crippen LogP contribution in [0, 0.1) is 0 Å². The van der Waals surface area contributed by atoms with Crippen molar-refractivity contribution in [3.8, 4) is 11.5 Å². The van der Waals surface area contributed by atoms with Crippen molar-refractivity contribution < 1.29 is 13.2 Å². The number of hydrogen-bond acceptors (Lipinski definition) is 3. The summed E-state index contributed by atoms with van der Waals surface area (Å²) in [6.07, 6.45) is 0. The topological polar surface area (TPSA) is 55.4 Å². The van der Waals surface area contributed by atoms with Gasteiger partial charge in [0.15, 0.2) is 0 Å². The molecule has 0 radical (unpaired) electrons. The van der Waals surface area contributed by atoms with E-state index in [4.69, 9.17) is 4.74 Å². The fourth-order valence-electron chi connectivity index (χ4n) is 2.53. The van der Waals surface area contributed by atoms with E-state index in [0.29, 0.717) is 18.0 Å². The van der Waals surface area contributed by atoms with Gasteiger partial charge in [-0.05, 0) is 47.9 Å². The second-order valence-electron chi connectivity index (χ2n) is 6.05. The van der Waals surface area contributed by atoms with Crippen LogP contribution in [0.2, 0.25) is 0 Å². The lowest BCUT2D eigenvalue weighted by molar-refractivity contribution is 0.482. The van der Waals surface area contributed by atoms with E-state index in [2.05, 4.69) is 4.72 Å². The molecular formula is C21H21NO3S. The van der Waals surface area contributed by atoms with Crippen LogP contribution in [0.5, 0.6) is 11.5 Å². The van der Waals surface area contributed by atoms with E-state index < -0.39 is 10.0 Å². The van der Waals surface area contributed by atoms with Gasteiger partial charge in [-0.25, -0.2) is 13.1 Å². The summed E-state index contributed by atoms with van der Waals surface area (Å²) in [6, 6.07) is 25.6. The van der Waals surface area contributed by atoms with Crippen molar-refractivity contribution in [3.63, 3.8) is 0 Å². The summed E-state index contributed by atoms with van der Waals surface area (Å²) in [5, 5.41) is 0. The van der Waals surface area contributed by atoms with E-state index in [1.54, 1.807) is 24.3 Å². The molecule has 4 nitrogen and oxygen atoms in total. The van der Waals surface area contributed by atoms with Gasteiger partial charge in [0.1, 0.15) is 11.5 Å². The Morgan fingerprint density at radius 3 is 1.96 bits per heavy atom. The Labute approximate surface area is 154 Å². The molecule has 0 unspecified atom stereocenters. The third-order valence-electron chi connectivity index (χ3n) is 4.06. The molecule has 0 amide bonds. The third-order valence-corrected chi connectivity index (χ3v) is 5.50. The molecule has 0 aliphatic rings. The Hall–Kier alpha value is -2.63. The maximum absolute atomic E-state index is 12.5. The molecule has 0 spiro atoms. The van der Waals surface area contributed by atoms with Crippen molar-refractivity contribution in [2.24, 2.45) is 0 Å². The van der Waals surface area contributed by atoms with Gasteiger partial charge in [-0.2, -0.15) is 0 Å². The Morgan fingerprint density at radius 2 is 1.35 bits per heavy atom. The average Bonchev–Trinajstić information content (AvgIpc) is 2.68. The number of hydrogen-bond donors (Lipinski definition) is 1. The minimum Gasteiger partial charge on any atom is -0.457 e. The molecule has 5 heteroatoms. The fraction of sp³-hybridized carbons (Fsp3) is 0.143. The molecule has 3 rings (SSSR count). The Bertz CT molecular complexity index is 924. The molecule has 134 valence electrons. The smallest absolute Gasteiger partial charge is 0.240 e. The van der Waals surface area contributed by atoms with Crippen LogP contribution >= 0.6 is 0 Å². The number of sulfonamides is 1. The first-order valence-electron chi connectivity index (χ1n) is 8.42. The van der Waals surface area contributed by atoms with Gasteiger partial charge < -0.3 is 4.74 Å². The standard InChI is InChI=1S/C21H21NO3S/c1-17(18-8-4-2-5-9-18)16-22-26(23,24)21-14-12-20(13-15-21)25-19-10-6-3-7-11-19/h2-15,17,22H,16H2,1H3/t17-/m1/s1. The third kappa shape index (κ3) is 4.71. The van der Waals surface area contributed by atoms with Gasteiger partial charge in [0, 0.05) is 6.54 Å². The Morgan fingerprint density at radius 1 is 0.808 bits per heavy atom. The van der Waals surface area contributed by atoms with Crippen LogP contribution in [0.15, 0.2) is 89.8 Å². The molecule has 1 N–H and O–H groups in total.